The number of hydrogen-bond acceptors (Lipinski definition) is 3. The molecular formula is C10H19NO3. The molecule has 1 aliphatic rings. The van der Waals surface area contributed by atoms with Gasteiger partial charge in [0.1, 0.15) is 6.10 Å². The van der Waals surface area contributed by atoms with Crippen LogP contribution in [0.4, 0.5) is 0 Å². The molecule has 4 heteroatoms. The van der Waals surface area contributed by atoms with Crippen LogP contribution in [0.25, 0.3) is 0 Å². The average molecular weight is 201 g/mol. The quantitative estimate of drug-likeness (QED) is 0.679. The van der Waals surface area contributed by atoms with Crippen LogP contribution in [-0.2, 0) is 4.79 Å². The second-order valence-electron chi connectivity index (χ2n) is 3.81. The Balaban J connectivity index is 2.50. The summed E-state index contributed by atoms with van der Waals surface area (Å²) in [5, 5.41) is 18.5. The van der Waals surface area contributed by atoms with E-state index in [-0.39, 0.29) is 18.6 Å². The van der Waals surface area contributed by atoms with Crippen LogP contribution < -0.4 is 0 Å². The number of nitrogens with zero attached hydrogens (tertiary/aromatic N) is 1. The number of amides is 1. The molecule has 0 aromatic heterocycles. The Bertz CT molecular complexity index is 196. The highest BCUT2D eigenvalue weighted by Gasteiger charge is 2.31. The zero-order chi connectivity index (χ0) is 10.6. The number of carbonyl (C=O) groups excluding carboxylic acids is 1. The second kappa shape index (κ2) is 5.32. The molecule has 0 aromatic rings. The van der Waals surface area contributed by atoms with Gasteiger partial charge in [-0.05, 0) is 19.3 Å². The zero-order valence-corrected chi connectivity index (χ0v) is 8.65. The third-order valence-electron chi connectivity index (χ3n) is 2.72. The van der Waals surface area contributed by atoms with Crippen LogP contribution >= 0.6 is 0 Å². The maximum atomic E-state index is 11.7. The van der Waals surface area contributed by atoms with Gasteiger partial charge in [-0.15, -0.1) is 0 Å². The highest BCUT2D eigenvalue weighted by molar-refractivity contribution is 5.81. The minimum Gasteiger partial charge on any atom is -0.394 e. The van der Waals surface area contributed by atoms with Gasteiger partial charge in [0, 0.05) is 6.54 Å². The molecule has 1 fully saturated rings. The van der Waals surface area contributed by atoms with Crippen LogP contribution in [0.3, 0.4) is 0 Å². The Morgan fingerprint density at radius 2 is 2.36 bits per heavy atom. The SMILES string of the molecule is CCC[C@H](O)C(=O)N1CCC[C@H]1CO. The number of hydrogen-bond donors (Lipinski definition) is 2. The first-order valence-corrected chi connectivity index (χ1v) is 5.30. The Hall–Kier alpha value is -0.610. The van der Waals surface area contributed by atoms with Crippen molar-refractivity contribution in [1.82, 2.24) is 4.90 Å². The van der Waals surface area contributed by atoms with Crippen LogP contribution in [0.15, 0.2) is 0 Å². The lowest BCUT2D eigenvalue weighted by atomic mass is 10.1. The summed E-state index contributed by atoms with van der Waals surface area (Å²) < 4.78 is 0. The van der Waals surface area contributed by atoms with E-state index < -0.39 is 6.10 Å². The number of aliphatic hydroxyl groups is 2. The Labute approximate surface area is 84.5 Å². The summed E-state index contributed by atoms with van der Waals surface area (Å²) in [4.78, 5) is 13.3. The van der Waals surface area contributed by atoms with Crippen molar-refractivity contribution in [3.05, 3.63) is 0 Å². The van der Waals surface area contributed by atoms with E-state index in [4.69, 9.17) is 5.11 Å². The molecule has 0 saturated carbocycles. The molecule has 0 unspecified atom stereocenters. The predicted molar refractivity (Wildman–Crippen MR) is 52.7 cm³/mol. The van der Waals surface area contributed by atoms with E-state index in [0.717, 1.165) is 19.3 Å². The number of rotatable bonds is 4. The second-order valence-corrected chi connectivity index (χ2v) is 3.81. The van der Waals surface area contributed by atoms with E-state index in [1.807, 2.05) is 6.92 Å². The van der Waals surface area contributed by atoms with Gasteiger partial charge < -0.3 is 15.1 Å². The Kier molecular flexibility index (Phi) is 4.35. The highest BCUT2D eigenvalue weighted by Crippen LogP contribution is 2.18. The maximum Gasteiger partial charge on any atom is 0.251 e. The van der Waals surface area contributed by atoms with Crippen molar-refractivity contribution < 1.29 is 15.0 Å². The van der Waals surface area contributed by atoms with E-state index in [2.05, 4.69) is 0 Å². The first-order valence-electron chi connectivity index (χ1n) is 5.30. The number of likely N-dealkylation sites (tertiary alicyclic amines) is 1. The van der Waals surface area contributed by atoms with Crippen molar-refractivity contribution >= 4 is 5.91 Å². The van der Waals surface area contributed by atoms with Gasteiger partial charge >= 0.3 is 0 Å². The number of aliphatic hydroxyl groups excluding tert-OH is 2. The predicted octanol–water partition coefficient (Wildman–Crippen LogP) is 0.131. The van der Waals surface area contributed by atoms with Gasteiger partial charge in [-0.2, -0.15) is 0 Å². The molecule has 0 aliphatic carbocycles. The van der Waals surface area contributed by atoms with Crippen LogP contribution in [0.1, 0.15) is 32.6 Å². The normalized spacial score (nSPS) is 23.9. The lowest BCUT2D eigenvalue weighted by molar-refractivity contribution is -0.142. The van der Waals surface area contributed by atoms with E-state index in [0.29, 0.717) is 13.0 Å². The average Bonchev–Trinajstić information content (AvgIpc) is 2.64. The topological polar surface area (TPSA) is 60.8 Å². The molecule has 4 nitrogen and oxygen atoms in total. The molecule has 1 saturated heterocycles. The van der Waals surface area contributed by atoms with Crippen molar-refractivity contribution in [2.75, 3.05) is 13.2 Å². The van der Waals surface area contributed by atoms with Gasteiger partial charge in [-0.25, -0.2) is 0 Å². The van der Waals surface area contributed by atoms with Crippen molar-refractivity contribution in [2.24, 2.45) is 0 Å². The molecule has 0 spiro atoms. The summed E-state index contributed by atoms with van der Waals surface area (Å²) in [7, 11) is 0. The summed E-state index contributed by atoms with van der Waals surface area (Å²) in [6.07, 6.45) is 2.20. The largest absolute Gasteiger partial charge is 0.394 e. The zero-order valence-electron chi connectivity index (χ0n) is 8.65. The molecule has 2 N–H and O–H groups in total. The summed E-state index contributed by atoms with van der Waals surface area (Å²) in [6.45, 7) is 2.61. The third kappa shape index (κ3) is 2.45. The lowest BCUT2D eigenvalue weighted by Crippen LogP contribution is -2.43. The van der Waals surface area contributed by atoms with E-state index in [1.54, 1.807) is 4.90 Å². The van der Waals surface area contributed by atoms with Gasteiger partial charge in [-0.3, -0.25) is 4.79 Å². The van der Waals surface area contributed by atoms with Gasteiger partial charge in [0.05, 0.1) is 12.6 Å². The van der Waals surface area contributed by atoms with Gasteiger partial charge in [0.15, 0.2) is 0 Å². The fourth-order valence-corrected chi connectivity index (χ4v) is 1.90. The highest BCUT2D eigenvalue weighted by atomic mass is 16.3. The first kappa shape index (κ1) is 11.5. The minimum absolute atomic E-state index is 0.00455. The molecule has 0 aromatic carbocycles. The molecule has 82 valence electrons. The van der Waals surface area contributed by atoms with Gasteiger partial charge in [0.25, 0.3) is 5.91 Å². The molecule has 0 radical (unpaired) electrons. The summed E-state index contributed by atoms with van der Waals surface area (Å²) in [5.74, 6) is -0.219. The van der Waals surface area contributed by atoms with Crippen molar-refractivity contribution in [2.45, 2.75) is 44.8 Å². The fourth-order valence-electron chi connectivity index (χ4n) is 1.90. The fraction of sp³-hybridized carbons (Fsp3) is 0.900. The number of carbonyl (C=O) groups is 1. The van der Waals surface area contributed by atoms with Crippen LogP contribution in [-0.4, -0.2) is 46.3 Å². The molecule has 2 atom stereocenters. The molecule has 1 rings (SSSR count). The molecule has 14 heavy (non-hydrogen) atoms. The third-order valence-corrected chi connectivity index (χ3v) is 2.72. The van der Waals surface area contributed by atoms with Gasteiger partial charge in [-0.1, -0.05) is 13.3 Å². The summed E-state index contributed by atoms with van der Waals surface area (Å²) in [5.41, 5.74) is 0. The minimum atomic E-state index is -0.882. The van der Waals surface area contributed by atoms with Crippen LogP contribution in [0, 0.1) is 0 Å². The Morgan fingerprint density at radius 3 is 2.93 bits per heavy atom. The smallest absolute Gasteiger partial charge is 0.251 e. The summed E-state index contributed by atoms with van der Waals surface area (Å²) >= 11 is 0. The molecule has 1 heterocycles. The Morgan fingerprint density at radius 1 is 1.64 bits per heavy atom. The van der Waals surface area contributed by atoms with Crippen LogP contribution in [0.2, 0.25) is 0 Å². The molecular weight excluding hydrogens is 182 g/mol. The summed E-state index contributed by atoms with van der Waals surface area (Å²) in [6, 6.07) is -0.0750. The maximum absolute atomic E-state index is 11.7. The van der Waals surface area contributed by atoms with Crippen molar-refractivity contribution in [3.8, 4) is 0 Å². The van der Waals surface area contributed by atoms with E-state index in [1.165, 1.54) is 0 Å². The van der Waals surface area contributed by atoms with E-state index in [9.17, 15) is 9.90 Å². The lowest BCUT2D eigenvalue weighted by Gasteiger charge is -2.25. The molecule has 0 bridgehead atoms. The standard InChI is InChI=1S/C10H19NO3/c1-2-4-9(13)10(14)11-6-3-5-8(11)7-12/h8-9,12-13H,2-7H2,1H3/t8-,9-/m0/s1. The van der Waals surface area contributed by atoms with Crippen LogP contribution in [0.5, 0.6) is 0 Å². The molecule has 1 aliphatic heterocycles. The van der Waals surface area contributed by atoms with Crippen molar-refractivity contribution in [1.29, 1.82) is 0 Å². The monoisotopic (exact) mass is 201 g/mol. The van der Waals surface area contributed by atoms with Gasteiger partial charge in [0.2, 0.25) is 0 Å². The molecule has 1 amide bonds. The van der Waals surface area contributed by atoms with E-state index >= 15 is 0 Å². The first-order chi connectivity index (χ1) is 6.70. The van der Waals surface area contributed by atoms with Crippen molar-refractivity contribution in [3.63, 3.8) is 0 Å².